The van der Waals surface area contributed by atoms with Gasteiger partial charge in [0, 0.05) is 49.9 Å². The van der Waals surface area contributed by atoms with Gasteiger partial charge >= 0.3 is 0 Å². The van der Waals surface area contributed by atoms with Crippen LogP contribution in [-0.2, 0) is 11.3 Å². The van der Waals surface area contributed by atoms with Gasteiger partial charge in [0.05, 0.1) is 6.61 Å². The summed E-state index contributed by atoms with van der Waals surface area (Å²) in [7, 11) is 1.61. The van der Waals surface area contributed by atoms with Crippen molar-refractivity contribution in [1.82, 2.24) is 4.90 Å². The van der Waals surface area contributed by atoms with Crippen molar-refractivity contribution in [1.29, 1.82) is 0 Å². The summed E-state index contributed by atoms with van der Waals surface area (Å²) in [6.07, 6.45) is 0. The Labute approximate surface area is 156 Å². The molecular weight excluding hydrogens is 347 g/mol. The number of halogens is 1. The molecule has 1 aliphatic rings. The number of hydrogen-bond acceptors (Lipinski definition) is 4. The van der Waals surface area contributed by atoms with Gasteiger partial charge in [-0.1, -0.05) is 18.2 Å². The molecule has 1 fully saturated rings. The van der Waals surface area contributed by atoms with Crippen LogP contribution >= 0.6 is 0 Å². The van der Waals surface area contributed by atoms with E-state index in [1.807, 2.05) is 24.3 Å². The van der Waals surface area contributed by atoms with Crippen LogP contribution in [0, 0.1) is 5.82 Å². The first kappa shape index (κ1) is 17.5. The molecule has 5 nitrogen and oxygen atoms in total. The van der Waals surface area contributed by atoms with Crippen molar-refractivity contribution >= 4 is 22.6 Å². The van der Waals surface area contributed by atoms with Gasteiger partial charge in [-0.3, -0.25) is 4.79 Å². The molecule has 0 saturated carbocycles. The molecule has 1 amide bonds. The molecule has 1 aliphatic heterocycles. The second-order valence-electron chi connectivity index (χ2n) is 6.59. The zero-order valence-corrected chi connectivity index (χ0v) is 15.2. The molecule has 4 rings (SSSR count). The number of methoxy groups -OCH3 is 1. The molecule has 140 valence electrons. The van der Waals surface area contributed by atoms with E-state index in [1.165, 1.54) is 12.1 Å². The Morgan fingerprint density at radius 3 is 2.48 bits per heavy atom. The van der Waals surface area contributed by atoms with Gasteiger partial charge in [-0.05, 0) is 30.3 Å². The van der Waals surface area contributed by atoms with Crippen LogP contribution in [-0.4, -0.2) is 44.1 Å². The number of carbonyl (C=O) groups excluding carboxylic acids is 1. The van der Waals surface area contributed by atoms with Crippen molar-refractivity contribution in [3.63, 3.8) is 0 Å². The monoisotopic (exact) mass is 368 g/mol. The van der Waals surface area contributed by atoms with E-state index in [0.717, 1.165) is 16.6 Å². The fourth-order valence-corrected chi connectivity index (χ4v) is 3.52. The maximum absolute atomic E-state index is 13.1. The number of rotatable bonds is 4. The Bertz CT molecular complexity index is 944. The van der Waals surface area contributed by atoms with Crippen LogP contribution in [0.5, 0.6) is 0 Å². The normalized spacial score (nSPS) is 14.7. The Morgan fingerprint density at radius 2 is 1.78 bits per heavy atom. The molecule has 2 aromatic carbocycles. The molecular formula is C21H21FN2O3. The van der Waals surface area contributed by atoms with Crippen molar-refractivity contribution in [3.05, 3.63) is 65.7 Å². The first-order valence-electron chi connectivity index (χ1n) is 8.96. The minimum absolute atomic E-state index is 0.114. The average Bonchev–Trinajstić information content (AvgIpc) is 3.07. The smallest absolute Gasteiger partial charge is 0.290 e. The first-order valence-corrected chi connectivity index (χ1v) is 8.96. The quantitative estimate of drug-likeness (QED) is 0.705. The van der Waals surface area contributed by atoms with E-state index in [1.54, 1.807) is 24.1 Å². The second-order valence-corrected chi connectivity index (χ2v) is 6.59. The zero-order chi connectivity index (χ0) is 18.8. The number of amides is 1. The topological polar surface area (TPSA) is 45.9 Å². The number of carbonyl (C=O) groups is 1. The molecule has 27 heavy (non-hydrogen) atoms. The van der Waals surface area contributed by atoms with Crippen LogP contribution in [0.25, 0.3) is 11.0 Å². The van der Waals surface area contributed by atoms with Crippen LogP contribution in [0.2, 0.25) is 0 Å². The predicted octanol–water partition coefficient (Wildman–Crippen LogP) is 3.68. The van der Waals surface area contributed by atoms with E-state index < -0.39 is 0 Å². The minimum Gasteiger partial charge on any atom is -0.451 e. The molecule has 0 spiro atoms. The van der Waals surface area contributed by atoms with Crippen LogP contribution in [0.15, 0.2) is 52.9 Å². The molecule has 0 aliphatic carbocycles. The number of ether oxygens (including phenoxy) is 1. The molecule has 3 aromatic rings. The lowest BCUT2D eigenvalue weighted by atomic mass is 10.1. The zero-order valence-electron chi connectivity index (χ0n) is 15.2. The number of nitrogens with zero attached hydrogens (tertiary/aromatic N) is 2. The largest absolute Gasteiger partial charge is 0.451 e. The van der Waals surface area contributed by atoms with Gasteiger partial charge < -0.3 is 19.0 Å². The van der Waals surface area contributed by atoms with Crippen LogP contribution < -0.4 is 4.90 Å². The van der Waals surface area contributed by atoms with E-state index in [9.17, 15) is 9.18 Å². The third kappa shape index (κ3) is 3.40. The highest BCUT2D eigenvalue weighted by Crippen LogP contribution is 2.28. The number of piperazine rings is 1. The Kier molecular flexibility index (Phi) is 4.81. The van der Waals surface area contributed by atoms with Crippen LogP contribution in [0.3, 0.4) is 0 Å². The van der Waals surface area contributed by atoms with Gasteiger partial charge in [0.1, 0.15) is 11.4 Å². The lowest BCUT2D eigenvalue weighted by Gasteiger charge is -2.35. The minimum atomic E-state index is -0.247. The SMILES string of the molecule is COCc1c(C(=O)N2CCN(c3ccc(F)cc3)CC2)oc2ccccc12. The van der Waals surface area contributed by atoms with E-state index in [2.05, 4.69) is 4.90 Å². The maximum Gasteiger partial charge on any atom is 0.290 e. The fraction of sp³-hybridized carbons (Fsp3) is 0.286. The fourth-order valence-electron chi connectivity index (χ4n) is 3.52. The van der Waals surface area contributed by atoms with E-state index in [0.29, 0.717) is 44.1 Å². The number of anilines is 1. The summed E-state index contributed by atoms with van der Waals surface area (Å²) >= 11 is 0. The molecule has 0 unspecified atom stereocenters. The molecule has 0 bridgehead atoms. The molecule has 1 saturated heterocycles. The van der Waals surface area contributed by atoms with Gasteiger partial charge in [-0.2, -0.15) is 0 Å². The summed E-state index contributed by atoms with van der Waals surface area (Å²) in [5, 5.41) is 0.910. The van der Waals surface area contributed by atoms with Gasteiger partial charge in [0.15, 0.2) is 5.76 Å². The van der Waals surface area contributed by atoms with Crippen molar-refractivity contribution in [2.45, 2.75) is 6.61 Å². The molecule has 6 heteroatoms. The summed E-state index contributed by atoms with van der Waals surface area (Å²) in [4.78, 5) is 17.0. The predicted molar refractivity (Wildman–Crippen MR) is 101 cm³/mol. The third-order valence-electron chi connectivity index (χ3n) is 4.94. The van der Waals surface area contributed by atoms with Crippen LogP contribution in [0.1, 0.15) is 16.1 Å². The highest BCUT2D eigenvalue weighted by Gasteiger charge is 2.28. The van der Waals surface area contributed by atoms with E-state index in [-0.39, 0.29) is 11.7 Å². The number of para-hydroxylation sites is 1. The third-order valence-corrected chi connectivity index (χ3v) is 4.94. The first-order chi connectivity index (χ1) is 13.2. The highest BCUT2D eigenvalue weighted by molar-refractivity contribution is 5.99. The Hall–Kier alpha value is -2.86. The summed E-state index contributed by atoms with van der Waals surface area (Å²) in [6.45, 7) is 2.88. The number of hydrogen-bond donors (Lipinski definition) is 0. The van der Waals surface area contributed by atoms with Crippen molar-refractivity contribution < 1.29 is 18.3 Å². The van der Waals surface area contributed by atoms with Gasteiger partial charge in [-0.15, -0.1) is 0 Å². The summed E-state index contributed by atoms with van der Waals surface area (Å²) < 4.78 is 24.3. The lowest BCUT2D eigenvalue weighted by Crippen LogP contribution is -2.48. The molecule has 1 aromatic heterocycles. The lowest BCUT2D eigenvalue weighted by molar-refractivity contribution is 0.0710. The number of furan rings is 1. The summed E-state index contributed by atoms with van der Waals surface area (Å²) in [5.41, 5.74) is 2.45. The molecule has 0 radical (unpaired) electrons. The number of benzene rings is 2. The average molecular weight is 368 g/mol. The van der Waals surface area contributed by atoms with Crippen molar-refractivity contribution in [2.24, 2.45) is 0 Å². The second kappa shape index (κ2) is 7.40. The Morgan fingerprint density at radius 1 is 1.07 bits per heavy atom. The summed E-state index contributed by atoms with van der Waals surface area (Å²) in [6, 6.07) is 14.1. The maximum atomic E-state index is 13.1. The summed E-state index contributed by atoms with van der Waals surface area (Å²) in [5.74, 6) is -0.00610. The van der Waals surface area contributed by atoms with Crippen molar-refractivity contribution in [2.75, 3.05) is 38.2 Å². The molecule has 0 atom stereocenters. The Balaban J connectivity index is 1.52. The number of fused-ring (bicyclic) bond motifs is 1. The van der Waals surface area contributed by atoms with Gasteiger partial charge in [0.25, 0.3) is 5.91 Å². The van der Waals surface area contributed by atoms with E-state index in [4.69, 9.17) is 9.15 Å². The highest BCUT2D eigenvalue weighted by atomic mass is 19.1. The molecule has 2 heterocycles. The molecule has 0 N–H and O–H groups in total. The van der Waals surface area contributed by atoms with Gasteiger partial charge in [-0.25, -0.2) is 4.39 Å². The standard InChI is InChI=1S/C21H21FN2O3/c1-26-14-18-17-4-2-3-5-19(17)27-20(18)21(25)24-12-10-23(11-13-24)16-8-6-15(22)7-9-16/h2-9H,10-14H2,1H3. The van der Waals surface area contributed by atoms with Gasteiger partial charge in [0.2, 0.25) is 0 Å². The van der Waals surface area contributed by atoms with Crippen LogP contribution in [0.4, 0.5) is 10.1 Å². The van der Waals surface area contributed by atoms with Crippen molar-refractivity contribution in [3.8, 4) is 0 Å². The van der Waals surface area contributed by atoms with E-state index >= 15 is 0 Å².